The highest BCUT2D eigenvalue weighted by atomic mass is 32.1. The number of nitrogens with zero attached hydrogens (tertiary/aromatic N) is 4. The van der Waals surface area contributed by atoms with Crippen molar-refractivity contribution in [2.45, 2.75) is 12.8 Å². The zero-order valence-electron chi connectivity index (χ0n) is 20.5. The molecule has 7 aromatic rings. The Hall–Kier alpha value is -4.61. The smallest absolute Gasteiger partial charge is 0.238 e. The molecule has 8 rings (SSSR count). The molecule has 0 saturated carbocycles. The molecule has 0 fully saturated rings. The molecule has 4 aromatic carbocycles. The van der Waals surface area contributed by atoms with E-state index in [2.05, 4.69) is 77.4 Å². The van der Waals surface area contributed by atoms with E-state index in [9.17, 15) is 0 Å². The molecule has 5 heteroatoms. The lowest BCUT2D eigenvalue weighted by atomic mass is 9.98. The van der Waals surface area contributed by atoms with E-state index in [-0.39, 0.29) is 0 Å². The summed E-state index contributed by atoms with van der Waals surface area (Å²) >= 11 is 1.89. The highest BCUT2D eigenvalue weighted by Crippen LogP contribution is 2.43. The van der Waals surface area contributed by atoms with Crippen LogP contribution in [0.3, 0.4) is 0 Å². The van der Waals surface area contributed by atoms with Gasteiger partial charge in [-0.2, -0.15) is 9.97 Å². The summed E-state index contributed by atoms with van der Waals surface area (Å²) in [5.41, 5.74) is 5.63. The Labute approximate surface area is 223 Å². The second kappa shape index (κ2) is 8.47. The van der Waals surface area contributed by atoms with Crippen LogP contribution in [0.1, 0.15) is 16.9 Å². The molecule has 0 bridgehead atoms. The minimum absolute atomic E-state index is 0.632. The van der Waals surface area contributed by atoms with E-state index in [1.54, 1.807) is 0 Å². The summed E-state index contributed by atoms with van der Waals surface area (Å²) in [7, 11) is 0. The molecule has 180 valence electrons. The molecule has 0 unspecified atom stereocenters. The first-order chi connectivity index (χ1) is 18.8. The normalized spacial score (nSPS) is 12.9. The van der Waals surface area contributed by atoms with Crippen LogP contribution in [0, 0.1) is 0 Å². The van der Waals surface area contributed by atoms with Crippen LogP contribution < -0.4 is 0 Å². The molecule has 1 aliphatic carbocycles. The zero-order valence-corrected chi connectivity index (χ0v) is 21.3. The monoisotopic (exact) mass is 506 g/mol. The number of fused-ring (bicyclic) bond motifs is 7. The minimum Gasteiger partial charge on any atom is -0.278 e. The fourth-order valence-corrected chi connectivity index (χ4v) is 6.83. The fourth-order valence-electron chi connectivity index (χ4n) is 5.64. The third-order valence-corrected chi connectivity index (χ3v) is 8.50. The number of thiophene rings is 1. The molecule has 0 aliphatic heterocycles. The van der Waals surface area contributed by atoms with Crippen LogP contribution in [0.15, 0.2) is 103 Å². The lowest BCUT2D eigenvalue weighted by Gasteiger charge is -2.11. The summed E-state index contributed by atoms with van der Waals surface area (Å²) in [6.07, 6.45) is 6.74. The van der Waals surface area contributed by atoms with Crippen LogP contribution in [-0.4, -0.2) is 19.5 Å². The van der Waals surface area contributed by atoms with Crippen molar-refractivity contribution in [2.75, 3.05) is 0 Å². The minimum atomic E-state index is 0.632. The van der Waals surface area contributed by atoms with Gasteiger partial charge in [-0.25, -0.2) is 4.98 Å². The molecule has 0 spiro atoms. The van der Waals surface area contributed by atoms with Crippen molar-refractivity contribution in [3.8, 4) is 28.7 Å². The van der Waals surface area contributed by atoms with Gasteiger partial charge in [0.1, 0.15) is 0 Å². The van der Waals surface area contributed by atoms with Crippen molar-refractivity contribution in [3.63, 3.8) is 0 Å². The topological polar surface area (TPSA) is 43.6 Å². The second-order valence-corrected chi connectivity index (χ2v) is 10.7. The van der Waals surface area contributed by atoms with E-state index in [1.807, 2.05) is 47.7 Å². The summed E-state index contributed by atoms with van der Waals surface area (Å²) in [6.45, 7) is 0. The fraction of sp³-hybridized carbons (Fsp3) is 0.0606. The van der Waals surface area contributed by atoms with Crippen LogP contribution in [0.4, 0.5) is 0 Å². The molecule has 0 N–H and O–H groups in total. The first-order valence-electron chi connectivity index (χ1n) is 12.9. The van der Waals surface area contributed by atoms with Crippen LogP contribution in [-0.2, 0) is 6.42 Å². The van der Waals surface area contributed by atoms with E-state index in [4.69, 9.17) is 15.0 Å². The Morgan fingerprint density at radius 1 is 0.632 bits per heavy atom. The molecule has 3 aromatic heterocycles. The molecular formula is C33H22N4S. The average molecular weight is 507 g/mol. The van der Waals surface area contributed by atoms with Gasteiger partial charge >= 0.3 is 0 Å². The van der Waals surface area contributed by atoms with Crippen molar-refractivity contribution in [2.24, 2.45) is 0 Å². The van der Waals surface area contributed by atoms with E-state index >= 15 is 0 Å². The molecule has 0 amide bonds. The summed E-state index contributed by atoms with van der Waals surface area (Å²) < 4.78 is 3.55. The predicted molar refractivity (Wildman–Crippen MR) is 158 cm³/mol. The molecule has 0 atom stereocenters. The van der Waals surface area contributed by atoms with Gasteiger partial charge in [-0.3, -0.25) is 4.57 Å². The van der Waals surface area contributed by atoms with Crippen molar-refractivity contribution in [1.82, 2.24) is 19.5 Å². The molecular weight excluding hydrogens is 484 g/mol. The Kier molecular flexibility index (Phi) is 4.79. The zero-order chi connectivity index (χ0) is 25.1. The van der Waals surface area contributed by atoms with Gasteiger partial charge in [0.2, 0.25) is 5.95 Å². The number of rotatable bonds is 3. The highest BCUT2D eigenvalue weighted by Gasteiger charge is 2.22. The molecule has 1 aliphatic rings. The number of allylic oxidation sites excluding steroid dienone is 1. The average Bonchev–Trinajstić information content (AvgIpc) is 3.53. The predicted octanol–water partition coefficient (Wildman–Crippen LogP) is 8.48. The number of aryl methyl sites for hydroxylation is 1. The van der Waals surface area contributed by atoms with Crippen molar-refractivity contribution in [3.05, 3.63) is 114 Å². The van der Waals surface area contributed by atoms with Crippen LogP contribution in [0.2, 0.25) is 0 Å². The van der Waals surface area contributed by atoms with E-state index in [0.29, 0.717) is 17.6 Å². The molecule has 4 nitrogen and oxygen atoms in total. The number of hydrogen-bond acceptors (Lipinski definition) is 4. The third kappa shape index (κ3) is 3.25. The maximum atomic E-state index is 5.06. The SMILES string of the molecule is C1=Cc2sc3ccc4c(c5ccccc5n4-c4nc(-c5ccccc5)nc(-c5ccccc5)n4)c3c2CC1. The largest absolute Gasteiger partial charge is 0.278 e. The standard InChI is InChI=1S/C33H22N4S/c1-3-11-21(12-4-1)31-34-32(22-13-5-2-6-14-22)36-33(35-31)37-25-17-9-7-15-23(25)29-26(37)19-20-28-30(29)24-16-8-10-18-27(24)38-28/h1-7,9-15,17-20H,8,16H2. The molecule has 0 radical (unpaired) electrons. The Morgan fingerprint density at radius 2 is 1.32 bits per heavy atom. The van der Waals surface area contributed by atoms with Crippen molar-refractivity contribution < 1.29 is 0 Å². The highest BCUT2D eigenvalue weighted by molar-refractivity contribution is 7.20. The van der Waals surface area contributed by atoms with Gasteiger partial charge in [0.05, 0.1) is 11.0 Å². The van der Waals surface area contributed by atoms with Gasteiger partial charge < -0.3 is 0 Å². The lowest BCUT2D eigenvalue weighted by molar-refractivity contribution is 0.953. The van der Waals surface area contributed by atoms with Gasteiger partial charge in [0, 0.05) is 36.9 Å². The van der Waals surface area contributed by atoms with Crippen LogP contribution in [0.5, 0.6) is 0 Å². The molecule has 3 heterocycles. The number of para-hydroxylation sites is 1. The van der Waals surface area contributed by atoms with Crippen LogP contribution in [0.25, 0.3) is 66.7 Å². The molecule has 38 heavy (non-hydrogen) atoms. The Morgan fingerprint density at radius 3 is 2.05 bits per heavy atom. The van der Waals surface area contributed by atoms with Gasteiger partial charge in [0.15, 0.2) is 11.6 Å². The van der Waals surface area contributed by atoms with Gasteiger partial charge in [-0.1, -0.05) is 84.9 Å². The third-order valence-electron chi connectivity index (χ3n) is 7.34. The first kappa shape index (κ1) is 21.5. The number of hydrogen-bond donors (Lipinski definition) is 0. The number of benzene rings is 4. The first-order valence-corrected chi connectivity index (χ1v) is 13.7. The summed E-state index contributed by atoms with van der Waals surface area (Å²) in [4.78, 5) is 16.4. The molecule has 0 saturated heterocycles. The van der Waals surface area contributed by atoms with Gasteiger partial charge in [0.25, 0.3) is 0 Å². The van der Waals surface area contributed by atoms with Crippen LogP contribution >= 0.6 is 11.3 Å². The Bertz CT molecular complexity index is 1960. The van der Waals surface area contributed by atoms with Crippen molar-refractivity contribution >= 4 is 49.3 Å². The van der Waals surface area contributed by atoms with Gasteiger partial charge in [-0.05, 0) is 42.7 Å². The van der Waals surface area contributed by atoms with Crippen molar-refractivity contribution in [1.29, 1.82) is 0 Å². The summed E-state index contributed by atoms with van der Waals surface area (Å²) in [5.74, 6) is 1.96. The second-order valence-electron chi connectivity index (χ2n) is 9.59. The lowest BCUT2D eigenvalue weighted by Crippen LogP contribution is -2.06. The maximum Gasteiger partial charge on any atom is 0.238 e. The Balaban J connectivity index is 1.48. The van der Waals surface area contributed by atoms with Gasteiger partial charge in [-0.15, -0.1) is 11.3 Å². The van der Waals surface area contributed by atoms with E-state index in [1.165, 1.54) is 31.3 Å². The van der Waals surface area contributed by atoms with E-state index in [0.717, 1.165) is 35.0 Å². The number of aromatic nitrogens is 4. The maximum absolute atomic E-state index is 5.06. The quantitative estimate of drug-likeness (QED) is 0.241. The van der Waals surface area contributed by atoms with E-state index < -0.39 is 0 Å². The summed E-state index contributed by atoms with van der Waals surface area (Å²) in [6, 6.07) is 33.4. The summed E-state index contributed by atoms with van der Waals surface area (Å²) in [5, 5.41) is 3.89.